The Hall–Kier alpha value is -2.31. The van der Waals surface area contributed by atoms with Crippen LogP contribution in [0.25, 0.3) is 0 Å². The summed E-state index contributed by atoms with van der Waals surface area (Å²) in [7, 11) is 0. The van der Waals surface area contributed by atoms with Gasteiger partial charge in [0.2, 0.25) is 5.91 Å². The van der Waals surface area contributed by atoms with Gasteiger partial charge in [0, 0.05) is 23.5 Å². The Labute approximate surface area is 215 Å². The second kappa shape index (κ2) is 16.4. The summed E-state index contributed by atoms with van der Waals surface area (Å²) >= 11 is 1.47. The van der Waals surface area contributed by atoms with E-state index in [1.54, 1.807) is 0 Å². The fraction of sp³-hybridized carbons (Fsp3) is 0.517. The van der Waals surface area contributed by atoms with Gasteiger partial charge in [-0.15, -0.1) is 11.8 Å². The minimum atomic E-state index is -0.678. The number of amides is 1. The molecule has 0 fully saturated rings. The number of thioether (sulfide) groups is 1. The highest BCUT2D eigenvalue weighted by molar-refractivity contribution is 8.00. The number of aliphatic hydroxyl groups excluding tert-OH is 1. The van der Waals surface area contributed by atoms with E-state index in [9.17, 15) is 14.7 Å². The normalized spacial score (nSPS) is 12.7. The first-order valence-electron chi connectivity index (χ1n) is 12.9. The SMILES string of the molecule is CCCCCCCCCc1ccc(OC(=O)CCC(O)C(C)Sc2ccccc2NC(C)=O)cc1. The van der Waals surface area contributed by atoms with E-state index in [0.717, 1.165) is 17.0 Å². The summed E-state index contributed by atoms with van der Waals surface area (Å²) in [5, 5.41) is 13.2. The zero-order chi connectivity index (χ0) is 25.5. The third-order valence-electron chi connectivity index (χ3n) is 5.92. The minimum absolute atomic E-state index is 0.138. The number of hydrogen-bond acceptors (Lipinski definition) is 5. The predicted molar refractivity (Wildman–Crippen MR) is 145 cm³/mol. The highest BCUT2D eigenvalue weighted by Crippen LogP contribution is 2.32. The lowest BCUT2D eigenvalue weighted by Crippen LogP contribution is -2.22. The van der Waals surface area contributed by atoms with Crippen molar-refractivity contribution < 1.29 is 19.4 Å². The summed E-state index contributed by atoms with van der Waals surface area (Å²) in [5.41, 5.74) is 1.98. The summed E-state index contributed by atoms with van der Waals surface area (Å²) in [6, 6.07) is 15.2. The Bertz CT molecular complexity index is 900. The van der Waals surface area contributed by atoms with E-state index >= 15 is 0 Å². The van der Waals surface area contributed by atoms with Gasteiger partial charge < -0.3 is 15.2 Å². The largest absolute Gasteiger partial charge is 0.427 e. The number of nitrogens with one attached hydrogen (secondary N) is 1. The van der Waals surface area contributed by atoms with Gasteiger partial charge in [-0.05, 0) is 49.1 Å². The fourth-order valence-corrected chi connectivity index (χ4v) is 4.93. The van der Waals surface area contributed by atoms with Gasteiger partial charge in [0.05, 0.1) is 11.8 Å². The molecule has 2 aromatic carbocycles. The molecule has 0 saturated carbocycles. The Balaban J connectivity index is 1.70. The van der Waals surface area contributed by atoms with E-state index in [4.69, 9.17) is 4.74 Å². The van der Waals surface area contributed by atoms with Gasteiger partial charge >= 0.3 is 5.97 Å². The molecule has 35 heavy (non-hydrogen) atoms. The highest BCUT2D eigenvalue weighted by atomic mass is 32.2. The molecule has 5 nitrogen and oxygen atoms in total. The van der Waals surface area contributed by atoms with Gasteiger partial charge in [0.25, 0.3) is 0 Å². The molecule has 0 heterocycles. The quantitative estimate of drug-likeness (QED) is 0.111. The third-order valence-corrected chi connectivity index (χ3v) is 7.22. The summed E-state index contributed by atoms with van der Waals surface area (Å²) in [6.45, 7) is 5.62. The van der Waals surface area contributed by atoms with Crippen molar-refractivity contribution in [3.8, 4) is 5.75 Å². The fourth-order valence-electron chi connectivity index (χ4n) is 3.83. The van der Waals surface area contributed by atoms with Crippen LogP contribution in [0.1, 0.15) is 84.1 Å². The van der Waals surface area contributed by atoms with Gasteiger partial charge in [-0.25, -0.2) is 0 Å². The average Bonchev–Trinajstić information content (AvgIpc) is 2.84. The zero-order valence-corrected chi connectivity index (χ0v) is 22.2. The number of benzene rings is 2. The van der Waals surface area contributed by atoms with Crippen LogP contribution < -0.4 is 10.1 Å². The molecule has 0 radical (unpaired) electrons. The first-order chi connectivity index (χ1) is 16.9. The molecule has 0 aromatic heterocycles. The van der Waals surface area contributed by atoms with Gasteiger partial charge in [-0.1, -0.05) is 76.6 Å². The molecule has 6 heteroatoms. The Morgan fingerprint density at radius 1 is 0.971 bits per heavy atom. The maximum Gasteiger partial charge on any atom is 0.311 e. The van der Waals surface area contributed by atoms with Crippen molar-refractivity contribution in [2.75, 3.05) is 5.32 Å². The Kier molecular flexibility index (Phi) is 13.5. The lowest BCUT2D eigenvalue weighted by Gasteiger charge is -2.19. The number of ether oxygens (including phenoxy) is 1. The molecular weight excluding hydrogens is 458 g/mol. The van der Waals surface area contributed by atoms with Crippen LogP contribution in [-0.2, 0) is 16.0 Å². The molecular formula is C29H41NO4S. The molecule has 2 rings (SSSR count). The predicted octanol–water partition coefficient (Wildman–Crippen LogP) is 7.17. The maximum absolute atomic E-state index is 12.3. The zero-order valence-electron chi connectivity index (χ0n) is 21.4. The van der Waals surface area contributed by atoms with Crippen LogP contribution in [-0.4, -0.2) is 28.3 Å². The van der Waals surface area contributed by atoms with Crippen LogP contribution in [0.15, 0.2) is 53.4 Å². The van der Waals surface area contributed by atoms with Gasteiger partial charge in [0.15, 0.2) is 0 Å². The minimum Gasteiger partial charge on any atom is -0.427 e. The number of carbonyl (C=O) groups is 2. The standard InChI is InChI=1S/C29H41NO4S/c1-4-5-6-7-8-9-10-13-24-16-18-25(19-17-24)34-29(33)21-20-27(32)22(2)35-28-15-12-11-14-26(28)30-23(3)31/h11-12,14-19,22,27,32H,4-10,13,20-21H2,1-3H3,(H,30,31). The Morgan fingerprint density at radius 2 is 1.63 bits per heavy atom. The number of aryl methyl sites for hydroxylation is 1. The molecule has 1 amide bonds. The molecule has 0 aliphatic heterocycles. The third kappa shape index (κ3) is 11.8. The monoisotopic (exact) mass is 499 g/mol. The summed E-state index contributed by atoms with van der Waals surface area (Å²) in [5.74, 6) is 0.0547. The van der Waals surface area contributed by atoms with Gasteiger partial charge in [0.1, 0.15) is 5.75 Å². The van der Waals surface area contributed by atoms with Crippen molar-refractivity contribution >= 4 is 29.3 Å². The van der Waals surface area contributed by atoms with Crippen molar-refractivity contribution in [1.29, 1.82) is 0 Å². The van der Waals surface area contributed by atoms with E-state index in [2.05, 4.69) is 12.2 Å². The number of carbonyl (C=O) groups excluding carboxylic acids is 2. The van der Waals surface area contributed by atoms with Crippen LogP contribution in [0.5, 0.6) is 5.75 Å². The van der Waals surface area contributed by atoms with Crippen molar-refractivity contribution in [1.82, 2.24) is 0 Å². The molecule has 0 aliphatic carbocycles. The molecule has 0 bridgehead atoms. The highest BCUT2D eigenvalue weighted by Gasteiger charge is 2.19. The topological polar surface area (TPSA) is 75.6 Å². The van der Waals surface area contributed by atoms with E-state index in [-0.39, 0.29) is 23.5 Å². The average molecular weight is 500 g/mol. The molecule has 192 valence electrons. The molecule has 2 N–H and O–H groups in total. The number of esters is 1. The molecule has 2 unspecified atom stereocenters. The molecule has 2 aromatic rings. The molecule has 2 atom stereocenters. The van der Waals surface area contributed by atoms with E-state index in [0.29, 0.717) is 12.2 Å². The van der Waals surface area contributed by atoms with Crippen molar-refractivity contribution in [3.63, 3.8) is 0 Å². The van der Waals surface area contributed by atoms with Crippen LogP contribution in [0.3, 0.4) is 0 Å². The van der Waals surface area contributed by atoms with E-state index < -0.39 is 6.10 Å². The first kappa shape index (κ1) is 28.9. The number of aliphatic hydroxyl groups is 1. The number of anilines is 1. The summed E-state index contributed by atoms with van der Waals surface area (Å²) in [4.78, 5) is 24.6. The second-order valence-corrected chi connectivity index (χ2v) is 10.5. The molecule has 0 saturated heterocycles. The van der Waals surface area contributed by atoms with Gasteiger partial charge in [-0.2, -0.15) is 0 Å². The number of rotatable bonds is 16. The molecule has 0 aliphatic rings. The van der Waals surface area contributed by atoms with Crippen LogP contribution in [0, 0.1) is 0 Å². The van der Waals surface area contributed by atoms with Crippen molar-refractivity contribution in [2.45, 2.75) is 101 Å². The molecule has 0 spiro atoms. The van der Waals surface area contributed by atoms with Crippen LogP contribution in [0.2, 0.25) is 0 Å². The number of hydrogen-bond donors (Lipinski definition) is 2. The van der Waals surface area contributed by atoms with Crippen LogP contribution >= 0.6 is 11.8 Å². The lowest BCUT2D eigenvalue weighted by molar-refractivity contribution is -0.135. The van der Waals surface area contributed by atoms with E-state index in [1.165, 1.54) is 69.2 Å². The first-order valence-corrected chi connectivity index (χ1v) is 13.8. The number of para-hydroxylation sites is 1. The number of unbranched alkanes of at least 4 members (excludes halogenated alkanes) is 6. The summed E-state index contributed by atoms with van der Waals surface area (Å²) < 4.78 is 5.46. The van der Waals surface area contributed by atoms with Crippen LogP contribution in [0.4, 0.5) is 5.69 Å². The van der Waals surface area contributed by atoms with E-state index in [1.807, 2.05) is 55.5 Å². The maximum atomic E-state index is 12.3. The second-order valence-electron chi connectivity index (χ2n) is 9.10. The van der Waals surface area contributed by atoms with Crippen molar-refractivity contribution in [2.24, 2.45) is 0 Å². The Morgan fingerprint density at radius 3 is 2.31 bits per heavy atom. The lowest BCUT2D eigenvalue weighted by atomic mass is 10.0. The van der Waals surface area contributed by atoms with Gasteiger partial charge in [-0.3, -0.25) is 9.59 Å². The smallest absolute Gasteiger partial charge is 0.311 e. The summed E-state index contributed by atoms with van der Waals surface area (Å²) in [6.07, 6.45) is 9.88. The van der Waals surface area contributed by atoms with Crippen molar-refractivity contribution in [3.05, 3.63) is 54.1 Å².